The summed E-state index contributed by atoms with van der Waals surface area (Å²) in [5, 5.41) is 0. The van der Waals surface area contributed by atoms with Gasteiger partial charge in [-0.05, 0) is 49.6 Å². The minimum atomic E-state index is -3.50. The smallest absolute Gasteiger partial charge is 0.310 e. The Kier molecular flexibility index (Phi) is 6.38. The summed E-state index contributed by atoms with van der Waals surface area (Å²) < 4.78 is 33.7. The zero-order chi connectivity index (χ0) is 22.7. The van der Waals surface area contributed by atoms with E-state index >= 15 is 0 Å². The summed E-state index contributed by atoms with van der Waals surface area (Å²) in [6, 6.07) is 13.0. The molecule has 1 aromatic carbocycles. The third-order valence-electron chi connectivity index (χ3n) is 5.54. The van der Waals surface area contributed by atoms with Crippen molar-refractivity contribution in [1.82, 2.24) is 13.7 Å². The first kappa shape index (κ1) is 22.2. The molecule has 2 aromatic heterocycles. The van der Waals surface area contributed by atoms with Gasteiger partial charge in [-0.25, -0.2) is 13.4 Å². The van der Waals surface area contributed by atoms with Gasteiger partial charge >= 0.3 is 5.97 Å². The summed E-state index contributed by atoms with van der Waals surface area (Å²) in [4.78, 5) is 29.2. The number of sulfonamides is 1. The van der Waals surface area contributed by atoms with Gasteiger partial charge in [0.05, 0.1) is 17.0 Å². The van der Waals surface area contributed by atoms with Gasteiger partial charge in [0.15, 0.2) is 0 Å². The minimum Gasteiger partial charge on any atom is -0.459 e. The third kappa shape index (κ3) is 4.73. The first-order chi connectivity index (χ1) is 15.3. The van der Waals surface area contributed by atoms with Crippen molar-refractivity contribution in [3.63, 3.8) is 0 Å². The third-order valence-corrected chi connectivity index (χ3v) is 7.45. The summed E-state index contributed by atoms with van der Waals surface area (Å²) in [7, 11) is -3.50. The molecule has 0 radical (unpaired) electrons. The number of aromatic nitrogens is 2. The zero-order valence-corrected chi connectivity index (χ0v) is 18.7. The van der Waals surface area contributed by atoms with E-state index in [-0.39, 0.29) is 23.5 Å². The Labute approximate surface area is 186 Å². The number of aryl methyl sites for hydroxylation is 1. The predicted octanol–water partition coefficient (Wildman–Crippen LogP) is 2.46. The number of hydrogen-bond donors (Lipinski definition) is 0. The van der Waals surface area contributed by atoms with Gasteiger partial charge in [-0.15, -0.1) is 0 Å². The lowest BCUT2D eigenvalue weighted by molar-refractivity contribution is -0.144. The van der Waals surface area contributed by atoms with Gasteiger partial charge in [-0.1, -0.05) is 24.6 Å². The van der Waals surface area contributed by atoms with Crippen molar-refractivity contribution in [2.24, 2.45) is 0 Å². The second kappa shape index (κ2) is 9.22. The highest BCUT2D eigenvalue weighted by molar-refractivity contribution is 7.89. The second-order valence-corrected chi connectivity index (χ2v) is 9.83. The van der Waals surface area contributed by atoms with E-state index in [0.717, 1.165) is 25.0 Å². The molecule has 0 spiro atoms. The Bertz CT molecular complexity index is 1290. The van der Waals surface area contributed by atoms with Gasteiger partial charge in [0.2, 0.25) is 10.0 Å². The summed E-state index contributed by atoms with van der Waals surface area (Å²) in [6.07, 6.45) is 2.80. The van der Waals surface area contributed by atoms with E-state index in [9.17, 15) is 18.0 Å². The van der Waals surface area contributed by atoms with Crippen LogP contribution in [0.4, 0.5) is 0 Å². The van der Waals surface area contributed by atoms with E-state index in [4.69, 9.17) is 4.74 Å². The van der Waals surface area contributed by atoms with E-state index < -0.39 is 16.0 Å². The van der Waals surface area contributed by atoms with E-state index in [1.165, 1.54) is 26.9 Å². The van der Waals surface area contributed by atoms with Crippen LogP contribution in [0.3, 0.4) is 0 Å². The molecule has 4 rings (SSSR count). The van der Waals surface area contributed by atoms with Crippen molar-refractivity contribution >= 4 is 21.6 Å². The molecule has 0 saturated carbocycles. The van der Waals surface area contributed by atoms with Gasteiger partial charge in [0.1, 0.15) is 12.3 Å². The highest BCUT2D eigenvalue weighted by Crippen LogP contribution is 2.21. The average molecular weight is 456 g/mol. The van der Waals surface area contributed by atoms with Gasteiger partial charge in [0.25, 0.3) is 5.56 Å². The van der Waals surface area contributed by atoms with Gasteiger partial charge in [-0.2, -0.15) is 4.31 Å². The van der Waals surface area contributed by atoms with Crippen molar-refractivity contribution in [2.75, 3.05) is 13.1 Å². The minimum absolute atomic E-state index is 0.00425. The number of piperidine rings is 1. The lowest BCUT2D eigenvalue weighted by atomic mass is 10.1. The fourth-order valence-corrected chi connectivity index (χ4v) is 5.36. The summed E-state index contributed by atoms with van der Waals surface area (Å²) >= 11 is 0. The summed E-state index contributed by atoms with van der Waals surface area (Å²) in [5.74, 6) is -0.483. The lowest BCUT2D eigenvalue weighted by Gasteiger charge is -2.25. The Hall–Kier alpha value is -3.04. The Morgan fingerprint density at radius 2 is 1.78 bits per heavy atom. The fourth-order valence-electron chi connectivity index (χ4n) is 3.84. The molecule has 1 aliphatic heterocycles. The van der Waals surface area contributed by atoms with E-state index in [1.807, 2.05) is 19.1 Å². The Balaban J connectivity index is 1.38. The molecule has 0 atom stereocenters. The van der Waals surface area contributed by atoms with Gasteiger partial charge in [-0.3, -0.25) is 14.0 Å². The molecule has 168 valence electrons. The maximum Gasteiger partial charge on any atom is 0.310 e. The van der Waals surface area contributed by atoms with E-state index in [2.05, 4.69) is 4.98 Å². The molecular formula is C23H25N3O5S. The average Bonchev–Trinajstić information content (AvgIpc) is 2.78. The van der Waals surface area contributed by atoms with Gasteiger partial charge < -0.3 is 4.74 Å². The number of pyridine rings is 1. The Morgan fingerprint density at radius 1 is 1.06 bits per heavy atom. The Morgan fingerprint density at radius 3 is 2.50 bits per heavy atom. The van der Waals surface area contributed by atoms with Crippen LogP contribution in [0.1, 0.15) is 36.2 Å². The molecule has 32 heavy (non-hydrogen) atoms. The molecule has 3 aromatic rings. The topological polar surface area (TPSA) is 98.0 Å². The molecule has 1 aliphatic rings. The number of ether oxygens (including phenoxy) is 1. The molecule has 0 aliphatic carbocycles. The second-order valence-electron chi connectivity index (χ2n) is 7.89. The van der Waals surface area contributed by atoms with Crippen LogP contribution < -0.4 is 5.56 Å². The lowest BCUT2D eigenvalue weighted by Crippen LogP contribution is -2.35. The number of carbonyl (C=O) groups excluding carboxylic acids is 1. The molecule has 0 N–H and O–H groups in total. The van der Waals surface area contributed by atoms with Crippen molar-refractivity contribution in [2.45, 2.75) is 44.1 Å². The van der Waals surface area contributed by atoms with Crippen molar-refractivity contribution in [3.8, 4) is 0 Å². The maximum absolute atomic E-state index is 12.7. The van der Waals surface area contributed by atoms with E-state index in [0.29, 0.717) is 30.0 Å². The number of benzene rings is 1. The highest BCUT2D eigenvalue weighted by Gasteiger charge is 2.25. The molecule has 1 saturated heterocycles. The van der Waals surface area contributed by atoms with Crippen LogP contribution in [0, 0.1) is 6.92 Å². The van der Waals surface area contributed by atoms with Crippen molar-refractivity contribution in [3.05, 3.63) is 75.8 Å². The first-order valence-electron chi connectivity index (χ1n) is 10.6. The van der Waals surface area contributed by atoms with Gasteiger partial charge in [0, 0.05) is 24.8 Å². The number of esters is 1. The molecule has 9 heteroatoms. The molecule has 0 bridgehead atoms. The van der Waals surface area contributed by atoms with E-state index in [1.54, 1.807) is 18.2 Å². The predicted molar refractivity (Wildman–Crippen MR) is 119 cm³/mol. The molecule has 0 unspecified atom stereocenters. The van der Waals surface area contributed by atoms with Crippen LogP contribution in [0.2, 0.25) is 0 Å². The van der Waals surface area contributed by atoms with Crippen molar-refractivity contribution < 1.29 is 17.9 Å². The molecule has 0 amide bonds. The van der Waals surface area contributed by atoms with Crippen LogP contribution in [-0.2, 0) is 32.6 Å². The molecule has 1 fully saturated rings. The van der Waals surface area contributed by atoms with Crippen LogP contribution >= 0.6 is 0 Å². The standard InChI is InChI=1S/C23H25N3O5S/c1-17-6-5-7-21-24-19(15-22(27)26(17)21)16-31-23(28)14-18-8-10-20(11-9-18)32(29,30)25-12-3-2-4-13-25/h5-11,15H,2-4,12-14,16H2,1H3. The first-order valence-corrected chi connectivity index (χ1v) is 12.0. The monoisotopic (exact) mass is 455 g/mol. The number of carbonyl (C=O) groups is 1. The SMILES string of the molecule is Cc1cccc2nc(COC(=O)Cc3ccc(S(=O)(=O)N4CCCCC4)cc3)cc(=O)n12. The maximum atomic E-state index is 12.7. The molecular weight excluding hydrogens is 430 g/mol. The van der Waals surface area contributed by atoms with Crippen LogP contribution in [0.5, 0.6) is 0 Å². The number of hydrogen-bond acceptors (Lipinski definition) is 6. The van der Waals surface area contributed by atoms with Crippen LogP contribution in [0.25, 0.3) is 5.65 Å². The normalized spacial score (nSPS) is 15.0. The summed E-state index contributed by atoms with van der Waals surface area (Å²) in [6.45, 7) is 2.80. The number of nitrogens with zero attached hydrogens (tertiary/aromatic N) is 3. The zero-order valence-electron chi connectivity index (χ0n) is 17.9. The number of rotatable bonds is 6. The quantitative estimate of drug-likeness (QED) is 0.530. The fraction of sp³-hybridized carbons (Fsp3) is 0.348. The summed E-state index contributed by atoms with van der Waals surface area (Å²) in [5.41, 5.74) is 2.06. The largest absolute Gasteiger partial charge is 0.459 e. The molecule has 3 heterocycles. The molecule has 8 nitrogen and oxygen atoms in total. The van der Waals surface area contributed by atoms with Crippen LogP contribution in [0.15, 0.2) is 58.2 Å². The highest BCUT2D eigenvalue weighted by atomic mass is 32.2. The number of fused-ring (bicyclic) bond motifs is 1. The van der Waals surface area contributed by atoms with Crippen molar-refractivity contribution in [1.29, 1.82) is 0 Å². The van der Waals surface area contributed by atoms with Crippen LogP contribution in [-0.4, -0.2) is 41.2 Å².